The van der Waals surface area contributed by atoms with Crippen molar-refractivity contribution in [3.05, 3.63) is 98.5 Å². The number of aromatic carboxylic acids is 1. The summed E-state index contributed by atoms with van der Waals surface area (Å²) in [6.45, 7) is 10.6. The molecule has 0 radical (unpaired) electrons. The number of nitrogens with zero attached hydrogens (tertiary/aromatic N) is 5. The van der Waals surface area contributed by atoms with Gasteiger partial charge in [0.2, 0.25) is 0 Å². The molecule has 0 spiro atoms. The Morgan fingerprint density at radius 1 is 1.05 bits per heavy atom. The van der Waals surface area contributed by atoms with Crippen LogP contribution in [0.2, 0.25) is 0 Å². The summed E-state index contributed by atoms with van der Waals surface area (Å²) < 4.78 is 1.60. The molecule has 0 amide bonds. The largest absolute Gasteiger partial charge is 0.478 e. The van der Waals surface area contributed by atoms with Gasteiger partial charge in [-0.25, -0.2) is 9.78 Å². The number of benzene rings is 2. The second-order valence-electron chi connectivity index (χ2n) is 10.3. The molecule has 0 bridgehead atoms. The Kier molecular flexibility index (Phi) is 7.18. The number of nitrogens with one attached hydrogen (secondary N) is 1. The normalized spacial score (nSPS) is 14.2. The highest BCUT2D eigenvalue weighted by atomic mass is 16.4. The second-order valence-corrected chi connectivity index (χ2v) is 10.3. The smallest absolute Gasteiger partial charge is 0.337 e. The predicted octanol–water partition coefficient (Wildman–Crippen LogP) is 4.69. The van der Waals surface area contributed by atoms with Crippen molar-refractivity contribution in [3.8, 4) is 6.07 Å². The number of nitriles is 1. The average Bonchev–Trinajstić information content (AvgIpc) is 2.95. The van der Waals surface area contributed by atoms with E-state index in [1.807, 2.05) is 52.0 Å². The van der Waals surface area contributed by atoms with E-state index in [0.717, 1.165) is 35.5 Å². The third-order valence-corrected chi connectivity index (χ3v) is 7.53. The summed E-state index contributed by atoms with van der Waals surface area (Å²) in [7, 11) is 0. The molecule has 2 N–H and O–H groups in total. The molecule has 1 atom stereocenters. The van der Waals surface area contributed by atoms with Crippen LogP contribution >= 0.6 is 0 Å². The van der Waals surface area contributed by atoms with Gasteiger partial charge in [-0.3, -0.25) is 9.20 Å². The SMILES string of the molecule is Cc1cc([C@@H](C)Nc2ccccc2C(=O)O)c2nc(N3CCN(c4ccc(C#N)cc4C)CC3)c(C)c(=O)n2c1. The van der Waals surface area contributed by atoms with Crippen LogP contribution in [-0.2, 0) is 0 Å². The van der Waals surface area contributed by atoms with Crippen molar-refractivity contribution in [2.75, 3.05) is 41.3 Å². The summed E-state index contributed by atoms with van der Waals surface area (Å²) in [4.78, 5) is 34.8. The summed E-state index contributed by atoms with van der Waals surface area (Å²) in [6, 6.07) is 16.4. The van der Waals surface area contributed by atoms with E-state index in [4.69, 9.17) is 4.98 Å². The van der Waals surface area contributed by atoms with Gasteiger partial charge in [-0.05, 0) is 75.2 Å². The van der Waals surface area contributed by atoms with Gasteiger partial charge in [0.1, 0.15) is 11.5 Å². The molecule has 9 heteroatoms. The van der Waals surface area contributed by atoms with Crippen molar-refractivity contribution < 1.29 is 9.90 Å². The van der Waals surface area contributed by atoms with E-state index in [1.165, 1.54) is 0 Å². The number of anilines is 3. The molecule has 4 aromatic rings. The maximum absolute atomic E-state index is 13.6. The van der Waals surface area contributed by atoms with Gasteiger partial charge < -0.3 is 20.2 Å². The number of carboxylic acid groups (broad SMARTS) is 1. The molecular weight excluding hydrogens is 504 g/mol. The van der Waals surface area contributed by atoms with E-state index in [-0.39, 0.29) is 17.2 Å². The van der Waals surface area contributed by atoms with Crippen LogP contribution < -0.4 is 20.7 Å². The number of carbonyl (C=O) groups is 1. The third-order valence-electron chi connectivity index (χ3n) is 7.53. The van der Waals surface area contributed by atoms with E-state index in [2.05, 4.69) is 21.2 Å². The van der Waals surface area contributed by atoms with E-state index < -0.39 is 5.97 Å². The summed E-state index contributed by atoms with van der Waals surface area (Å²) in [5, 5.41) is 22.1. The van der Waals surface area contributed by atoms with Gasteiger partial charge >= 0.3 is 5.97 Å². The van der Waals surface area contributed by atoms with Crippen molar-refractivity contribution >= 4 is 28.8 Å². The summed E-state index contributed by atoms with van der Waals surface area (Å²) in [5.41, 5.74) is 6.26. The summed E-state index contributed by atoms with van der Waals surface area (Å²) in [5.74, 6) is -0.337. The van der Waals surface area contributed by atoms with Crippen LogP contribution in [0.5, 0.6) is 0 Å². The molecule has 1 fully saturated rings. The molecule has 3 heterocycles. The highest BCUT2D eigenvalue weighted by Crippen LogP contribution is 2.28. The van der Waals surface area contributed by atoms with E-state index in [9.17, 15) is 20.0 Å². The van der Waals surface area contributed by atoms with Crippen LogP contribution in [0.15, 0.2) is 59.5 Å². The lowest BCUT2D eigenvalue weighted by Gasteiger charge is -2.38. The Balaban J connectivity index is 1.47. The molecule has 0 unspecified atom stereocenters. The molecule has 2 aromatic carbocycles. The fraction of sp³-hybridized carbons (Fsp3) is 0.290. The van der Waals surface area contributed by atoms with Gasteiger partial charge in [-0.2, -0.15) is 5.26 Å². The van der Waals surface area contributed by atoms with Gasteiger partial charge in [0.05, 0.1) is 28.8 Å². The highest BCUT2D eigenvalue weighted by Gasteiger charge is 2.24. The number of rotatable bonds is 6. The molecule has 204 valence electrons. The van der Waals surface area contributed by atoms with Gasteiger partial charge in [-0.1, -0.05) is 12.1 Å². The fourth-order valence-electron chi connectivity index (χ4n) is 5.46. The van der Waals surface area contributed by atoms with Gasteiger partial charge in [0.15, 0.2) is 0 Å². The first-order valence-electron chi connectivity index (χ1n) is 13.3. The predicted molar refractivity (Wildman–Crippen MR) is 157 cm³/mol. The maximum Gasteiger partial charge on any atom is 0.337 e. The first-order chi connectivity index (χ1) is 19.2. The monoisotopic (exact) mass is 536 g/mol. The molecule has 2 aromatic heterocycles. The number of aromatic nitrogens is 2. The number of hydrogen-bond acceptors (Lipinski definition) is 7. The average molecular weight is 537 g/mol. The summed E-state index contributed by atoms with van der Waals surface area (Å²) >= 11 is 0. The van der Waals surface area contributed by atoms with Crippen LogP contribution in [0.25, 0.3) is 5.65 Å². The van der Waals surface area contributed by atoms with E-state index in [0.29, 0.717) is 41.4 Å². The molecular formula is C31H32N6O3. The number of carboxylic acids is 1. The number of piperazine rings is 1. The van der Waals surface area contributed by atoms with E-state index >= 15 is 0 Å². The Bertz CT molecular complexity index is 1710. The lowest BCUT2D eigenvalue weighted by Crippen LogP contribution is -2.47. The zero-order valence-electron chi connectivity index (χ0n) is 23.1. The van der Waals surface area contributed by atoms with Crippen molar-refractivity contribution in [3.63, 3.8) is 0 Å². The molecule has 0 saturated carbocycles. The van der Waals surface area contributed by atoms with Crippen LogP contribution in [-0.4, -0.2) is 46.6 Å². The molecule has 1 aliphatic heterocycles. The zero-order chi connectivity index (χ0) is 28.6. The Labute approximate surface area is 232 Å². The minimum Gasteiger partial charge on any atom is -0.478 e. The molecule has 5 rings (SSSR count). The Morgan fingerprint density at radius 2 is 1.75 bits per heavy atom. The van der Waals surface area contributed by atoms with Crippen LogP contribution in [0.1, 0.15) is 51.1 Å². The second kappa shape index (κ2) is 10.7. The topological polar surface area (TPSA) is 114 Å². The molecule has 1 aliphatic rings. The van der Waals surface area contributed by atoms with Gasteiger partial charge in [0.25, 0.3) is 5.56 Å². The summed E-state index contributed by atoms with van der Waals surface area (Å²) in [6.07, 6.45) is 1.80. The maximum atomic E-state index is 13.6. The fourth-order valence-corrected chi connectivity index (χ4v) is 5.46. The quantitative estimate of drug-likeness (QED) is 0.365. The van der Waals surface area contributed by atoms with Crippen LogP contribution in [0.3, 0.4) is 0 Å². The Hall–Kier alpha value is -4.84. The minimum absolute atomic E-state index is 0.117. The number of para-hydroxylation sites is 1. The molecule has 0 aliphatic carbocycles. The lowest BCUT2D eigenvalue weighted by molar-refractivity contribution is 0.0698. The lowest BCUT2D eigenvalue weighted by atomic mass is 10.1. The van der Waals surface area contributed by atoms with Crippen molar-refractivity contribution in [1.82, 2.24) is 9.38 Å². The number of aryl methyl sites for hydroxylation is 2. The molecule has 9 nitrogen and oxygen atoms in total. The third kappa shape index (κ3) is 4.96. The molecule has 1 saturated heterocycles. The minimum atomic E-state index is -1.01. The van der Waals surface area contributed by atoms with E-state index in [1.54, 1.807) is 34.9 Å². The first-order valence-corrected chi connectivity index (χ1v) is 13.3. The van der Waals surface area contributed by atoms with Crippen molar-refractivity contribution in [2.24, 2.45) is 0 Å². The van der Waals surface area contributed by atoms with Crippen LogP contribution in [0.4, 0.5) is 17.2 Å². The number of hydrogen-bond donors (Lipinski definition) is 2. The highest BCUT2D eigenvalue weighted by molar-refractivity contribution is 5.94. The van der Waals surface area contributed by atoms with Crippen LogP contribution in [0, 0.1) is 32.1 Å². The standard InChI is InChI=1S/C31H32N6O3/c1-19-15-25(22(4)33-26-8-6-5-7-24(26)31(39)40)29-34-28(21(3)30(38)37(29)18-19)36-13-11-35(12-14-36)27-10-9-23(17-32)16-20(27)2/h5-10,15-16,18,22,33H,11-14H2,1-4H3,(H,39,40)/t22-/m1/s1. The Morgan fingerprint density at radius 3 is 2.42 bits per heavy atom. The van der Waals surface area contributed by atoms with Gasteiger partial charge in [0, 0.05) is 49.3 Å². The van der Waals surface area contributed by atoms with Crippen molar-refractivity contribution in [2.45, 2.75) is 33.7 Å². The van der Waals surface area contributed by atoms with Crippen molar-refractivity contribution in [1.29, 1.82) is 5.26 Å². The molecule has 40 heavy (non-hydrogen) atoms. The number of pyridine rings is 1. The first kappa shape index (κ1) is 26.8. The van der Waals surface area contributed by atoms with Gasteiger partial charge in [-0.15, -0.1) is 0 Å². The number of fused-ring (bicyclic) bond motifs is 1. The zero-order valence-corrected chi connectivity index (χ0v) is 23.1.